The van der Waals surface area contributed by atoms with Gasteiger partial charge in [0.15, 0.2) is 11.6 Å². The molecule has 0 amide bonds. The second kappa shape index (κ2) is 8.95. The maximum Gasteiger partial charge on any atom is 0.334 e. The number of ether oxygens (including phenoxy) is 1. The number of ketones is 2. The molecule has 0 bridgehead atoms. The number of hydrogen-bond acceptors (Lipinski definition) is 6. The first kappa shape index (κ1) is 23.8. The van der Waals surface area contributed by atoms with E-state index in [1.165, 1.54) is 18.2 Å². The number of halogens is 1. The lowest BCUT2D eigenvalue weighted by Gasteiger charge is -2.33. The Balaban J connectivity index is 1.81. The summed E-state index contributed by atoms with van der Waals surface area (Å²) >= 11 is 3.57. The number of nitro benzene ring substituents is 1. The third kappa shape index (κ3) is 3.44. The van der Waals surface area contributed by atoms with Gasteiger partial charge >= 0.3 is 5.97 Å². The number of nitrogens with zero attached hydrogens (tertiary/aromatic N) is 1. The molecule has 3 aromatic carbocycles. The molecule has 0 saturated carbocycles. The predicted octanol–water partition coefficient (Wildman–Crippen LogP) is 5.79. The number of carbonyl (C=O) groups is 3. The molecular formula is C28H20BrNO6. The van der Waals surface area contributed by atoms with E-state index in [1.807, 2.05) is 24.3 Å². The van der Waals surface area contributed by atoms with Gasteiger partial charge in [0, 0.05) is 45.1 Å². The Labute approximate surface area is 215 Å². The van der Waals surface area contributed by atoms with E-state index >= 15 is 0 Å². The molecule has 2 atom stereocenters. The van der Waals surface area contributed by atoms with Gasteiger partial charge < -0.3 is 4.74 Å². The van der Waals surface area contributed by atoms with E-state index in [0.29, 0.717) is 26.7 Å². The lowest BCUT2D eigenvalue weighted by Crippen LogP contribution is -2.37. The van der Waals surface area contributed by atoms with Crippen LogP contribution in [0, 0.1) is 15.5 Å². The second-order valence-corrected chi connectivity index (χ2v) is 9.57. The zero-order valence-electron chi connectivity index (χ0n) is 19.1. The molecule has 2 aliphatic carbocycles. The van der Waals surface area contributed by atoms with Crippen LogP contribution >= 0.6 is 15.9 Å². The van der Waals surface area contributed by atoms with Crippen molar-refractivity contribution in [1.29, 1.82) is 0 Å². The molecule has 1 spiro atoms. The van der Waals surface area contributed by atoms with Crippen LogP contribution in [0.4, 0.5) is 5.69 Å². The highest BCUT2D eigenvalue weighted by molar-refractivity contribution is 9.10. The number of rotatable bonds is 5. The number of non-ortho nitro benzene ring substituents is 1. The first-order chi connectivity index (χ1) is 17.3. The Hall–Kier alpha value is -3.91. The molecule has 0 N–H and O–H groups in total. The highest BCUT2D eigenvalue weighted by Gasteiger charge is 2.63. The molecule has 0 aliphatic heterocycles. The molecule has 0 heterocycles. The number of fused-ring (bicyclic) bond motifs is 1. The van der Waals surface area contributed by atoms with Crippen molar-refractivity contribution < 1.29 is 24.0 Å². The van der Waals surface area contributed by atoms with Crippen molar-refractivity contribution >= 4 is 39.2 Å². The summed E-state index contributed by atoms with van der Waals surface area (Å²) < 4.78 is 6.07. The van der Waals surface area contributed by atoms with E-state index in [2.05, 4.69) is 15.9 Å². The van der Waals surface area contributed by atoms with Crippen LogP contribution in [0.2, 0.25) is 0 Å². The average molecular weight is 546 g/mol. The zero-order valence-corrected chi connectivity index (χ0v) is 20.7. The Morgan fingerprint density at radius 3 is 2.11 bits per heavy atom. The highest BCUT2D eigenvalue weighted by atomic mass is 79.9. The average Bonchev–Trinajstić information content (AvgIpc) is 3.34. The monoisotopic (exact) mass is 545 g/mol. The van der Waals surface area contributed by atoms with E-state index in [0.717, 1.165) is 0 Å². The number of esters is 1. The SMILES string of the molecule is CCOC(=O)C1=CC2(C(=O)c3ccccc3C2=O)[C@H](c2ccc([N+](=O)[O-])cc2)[C@H]1c1ccccc1Br. The van der Waals surface area contributed by atoms with Crippen molar-refractivity contribution in [3.63, 3.8) is 0 Å². The number of nitro groups is 1. The summed E-state index contributed by atoms with van der Waals surface area (Å²) in [5.41, 5.74) is 0.223. The first-order valence-electron chi connectivity index (χ1n) is 11.4. The van der Waals surface area contributed by atoms with Crippen molar-refractivity contribution in [2.45, 2.75) is 18.8 Å². The summed E-state index contributed by atoms with van der Waals surface area (Å²) in [6.07, 6.45) is 1.48. The van der Waals surface area contributed by atoms with Crippen LogP contribution in [0.1, 0.15) is 50.6 Å². The molecule has 0 fully saturated rings. The molecule has 0 aromatic heterocycles. The molecule has 36 heavy (non-hydrogen) atoms. The Kier molecular flexibility index (Phi) is 5.92. The Bertz CT molecular complexity index is 1420. The van der Waals surface area contributed by atoms with E-state index < -0.39 is 39.7 Å². The van der Waals surface area contributed by atoms with Crippen LogP contribution in [0.3, 0.4) is 0 Å². The molecule has 5 rings (SSSR count). The third-order valence-electron chi connectivity index (χ3n) is 6.92. The van der Waals surface area contributed by atoms with Crippen LogP contribution in [0.5, 0.6) is 0 Å². The number of carbonyl (C=O) groups excluding carboxylic acids is 3. The van der Waals surface area contributed by atoms with Crippen LogP contribution in [0.25, 0.3) is 0 Å². The Morgan fingerprint density at radius 1 is 0.972 bits per heavy atom. The van der Waals surface area contributed by atoms with Gasteiger partial charge in [0.1, 0.15) is 5.41 Å². The quantitative estimate of drug-likeness (QED) is 0.174. The van der Waals surface area contributed by atoms with E-state index in [1.54, 1.807) is 43.3 Å². The van der Waals surface area contributed by atoms with Gasteiger partial charge in [0.2, 0.25) is 0 Å². The van der Waals surface area contributed by atoms with Crippen LogP contribution in [0.15, 0.2) is 88.9 Å². The van der Waals surface area contributed by atoms with Crippen molar-refractivity contribution in [1.82, 2.24) is 0 Å². The largest absolute Gasteiger partial charge is 0.463 e. The molecule has 7 nitrogen and oxygen atoms in total. The standard InChI is InChI=1S/C28H20BrNO6/c1-2-36-27(33)21-15-28(25(31)18-7-3-4-8-19(18)26(28)32)24(16-11-13-17(14-12-16)30(34)35)23(21)20-9-5-6-10-22(20)29/h3-15,23-24H,2H2,1H3/t23-,24+/m0/s1. The van der Waals surface area contributed by atoms with Crippen LogP contribution in [-0.2, 0) is 9.53 Å². The van der Waals surface area contributed by atoms with E-state index in [9.17, 15) is 24.5 Å². The van der Waals surface area contributed by atoms with Gasteiger partial charge in [-0.25, -0.2) is 4.79 Å². The van der Waals surface area contributed by atoms with Gasteiger partial charge in [0.25, 0.3) is 5.69 Å². The smallest absolute Gasteiger partial charge is 0.334 e. The first-order valence-corrected chi connectivity index (χ1v) is 12.2. The van der Waals surface area contributed by atoms with Gasteiger partial charge in [0.05, 0.1) is 11.5 Å². The van der Waals surface area contributed by atoms with Crippen molar-refractivity contribution in [2.24, 2.45) is 5.41 Å². The van der Waals surface area contributed by atoms with Crippen LogP contribution < -0.4 is 0 Å². The predicted molar refractivity (Wildman–Crippen MR) is 135 cm³/mol. The molecule has 180 valence electrons. The lowest BCUT2D eigenvalue weighted by atomic mass is 9.66. The minimum atomic E-state index is -1.69. The van der Waals surface area contributed by atoms with Gasteiger partial charge in [-0.2, -0.15) is 0 Å². The summed E-state index contributed by atoms with van der Waals surface area (Å²) in [5, 5.41) is 11.3. The molecule has 8 heteroatoms. The van der Waals surface area contributed by atoms with Crippen molar-refractivity contribution in [3.8, 4) is 0 Å². The molecule has 2 aliphatic rings. The van der Waals surface area contributed by atoms with Gasteiger partial charge in [-0.1, -0.05) is 76.6 Å². The highest BCUT2D eigenvalue weighted by Crippen LogP contribution is 2.61. The fraction of sp³-hybridized carbons (Fsp3) is 0.179. The molecule has 0 unspecified atom stereocenters. The summed E-state index contributed by atoms with van der Waals surface area (Å²) in [5.74, 6) is -2.96. The maximum atomic E-state index is 14.0. The topological polar surface area (TPSA) is 104 Å². The summed E-state index contributed by atoms with van der Waals surface area (Å²) in [6, 6.07) is 19.7. The maximum absolute atomic E-state index is 14.0. The number of benzene rings is 3. The molecule has 0 radical (unpaired) electrons. The second-order valence-electron chi connectivity index (χ2n) is 8.72. The van der Waals surface area contributed by atoms with Gasteiger partial charge in [-0.15, -0.1) is 0 Å². The van der Waals surface area contributed by atoms with Gasteiger partial charge in [-0.3, -0.25) is 19.7 Å². The van der Waals surface area contributed by atoms with Gasteiger partial charge in [-0.05, 0) is 24.1 Å². The fourth-order valence-corrected chi connectivity index (χ4v) is 5.97. The third-order valence-corrected chi connectivity index (χ3v) is 7.65. The molecular weight excluding hydrogens is 526 g/mol. The summed E-state index contributed by atoms with van der Waals surface area (Å²) in [6.45, 7) is 1.81. The minimum absolute atomic E-state index is 0.117. The van der Waals surface area contributed by atoms with Crippen molar-refractivity contribution in [2.75, 3.05) is 6.61 Å². The fourth-order valence-electron chi connectivity index (χ4n) is 5.44. The number of Topliss-reactive ketones (excluding diaryl/α,β-unsaturated/α-hetero) is 2. The Morgan fingerprint density at radius 2 is 1.56 bits per heavy atom. The summed E-state index contributed by atoms with van der Waals surface area (Å²) in [4.78, 5) is 52.1. The van der Waals surface area contributed by atoms with Crippen molar-refractivity contribution in [3.05, 3.63) is 121 Å². The van der Waals surface area contributed by atoms with E-state index in [-0.39, 0.29) is 17.9 Å². The normalized spacial score (nSPS) is 19.8. The molecule has 0 saturated heterocycles. The minimum Gasteiger partial charge on any atom is -0.463 e. The number of allylic oxidation sites excluding steroid dienone is 1. The van der Waals surface area contributed by atoms with Crippen LogP contribution in [-0.4, -0.2) is 29.1 Å². The summed E-state index contributed by atoms with van der Waals surface area (Å²) in [7, 11) is 0. The lowest BCUT2D eigenvalue weighted by molar-refractivity contribution is -0.384. The van der Waals surface area contributed by atoms with E-state index in [4.69, 9.17) is 4.74 Å². The molecule has 3 aromatic rings. The zero-order chi connectivity index (χ0) is 25.6. The number of hydrogen-bond donors (Lipinski definition) is 0.